The van der Waals surface area contributed by atoms with Crippen molar-refractivity contribution >= 4 is 17.6 Å². The lowest BCUT2D eigenvalue weighted by atomic mass is 10.1. The van der Waals surface area contributed by atoms with Gasteiger partial charge in [0.15, 0.2) is 0 Å². The Labute approximate surface area is 119 Å². The van der Waals surface area contributed by atoms with Crippen molar-refractivity contribution in [1.82, 2.24) is 9.78 Å². The number of hydrogen-bond acceptors (Lipinski definition) is 4. The zero-order valence-electron chi connectivity index (χ0n) is 10.8. The van der Waals surface area contributed by atoms with Crippen molar-refractivity contribution in [2.24, 2.45) is 7.05 Å². The molecule has 1 aromatic carbocycles. The number of rotatable bonds is 3. The molecule has 0 atom stereocenters. The molecule has 0 spiro atoms. The largest absolute Gasteiger partial charge is 0.495 e. The van der Waals surface area contributed by atoms with Crippen LogP contribution in [-0.4, -0.2) is 28.0 Å². The van der Waals surface area contributed by atoms with Gasteiger partial charge in [-0.15, -0.1) is 0 Å². The molecule has 0 fully saturated rings. The smallest absolute Gasteiger partial charge is 0.341 e. The number of halogens is 1. The first kappa shape index (κ1) is 14.1. The summed E-state index contributed by atoms with van der Waals surface area (Å²) in [5.41, 5.74) is -0.0757. The van der Waals surface area contributed by atoms with Crippen molar-refractivity contribution < 1.29 is 14.6 Å². The molecule has 0 unspecified atom stereocenters. The van der Waals surface area contributed by atoms with E-state index in [1.165, 1.54) is 20.2 Å². The van der Waals surface area contributed by atoms with E-state index in [2.05, 4.69) is 5.10 Å². The van der Waals surface area contributed by atoms with Gasteiger partial charge in [0.2, 0.25) is 0 Å². The Morgan fingerprint density at radius 3 is 2.65 bits per heavy atom. The summed E-state index contributed by atoms with van der Waals surface area (Å²) in [4.78, 5) is 22.7. The zero-order chi connectivity index (χ0) is 14.9. The van der Waals surface area contributed by atoms with Crippen LogP contribution < -0.4 is 10.3 Å². The molecule has 2 rings (SSSR count). The van der Waals surface area contributed by atoms with Crippen molar-refractivity contribution in [1.29, 1.82) is 0 Å². The first-order valence-corrected chi connectivity index (χ1v) is 5.97. The monoisotopic (exact) mass is 294 g/mol. The number of nitrogens with zero attached hydrogens (tertiary/aromatic N) is 2. The number of carbonyl (C=O) groups is 1. The summed E-state index contributed by atoms with van der Waals surface area (Å²) < 4.78 is 6.02. The lowest BCUT2D eigenvalue weighted by Crippen LogP contribution is -2.26. The van der Waals surface area contributed by atoms with Crippen LogP contribution in [0.5, 0.6) is 5.75 Å². The number of hydrogen-bond donors (Lipinski definition) is 1. The normalized spacial score (nSPS) is 10.3. The molecule has 1 heterocycles. The Morgan fingerprint density at radius 2 is 2.10 bits per heavy atom. The van der Waals surface area contributed by atoms with E-state index in [0.717, 1.165) is 4.68 Å². The molecule has 104 valence electrons. The summed E-state index contributed by atoms with van der Waals surface area (Å²) in [6, 6.07) is 6.15. The van der Waals surface area contributed by atoms with Crippen LogP contribution >= 0.6 is 11.6 Å². The van der Waals surface area contributed by atoms with E-state index in [9.17, 15) is 9.59 Å². The van der Waals surface area contributed by atoms with Gasteiger partial charge in [-0.1, -0.05) is 11.6 Å². The van der Waals surface area contributed by atoms with Gasteiger partial charge in [0.25, 0.3) is 5.56 Å². The average molecular weight is 295 g/mol. The van der Waals surface area contributed by atoms with Gasteiger partial charge in [0.05, 0.1) is 17.8 Å². The molecule has 2 aromatic rings. The summed E-state index contributed by atoms with van der Waals surface area (Å²) in [5, 5.41) is 13.4. The van der Waals surface area contributed by atoms with Crippen LogP contribution in [0.25, 0.3) is 11.3 Å². The number of carboxylic acid groups (broad SMARTS) is 1. The van der Waals surface area contributed by atoms with E-state index in [1.54, 1.807) is 18.2 Å². The van der Waals surface area contributed by atoms with Gasteiger partial charge in [0, 0.05) is 12.6 Å². The molecule has 0 aliphatic heterocycles. The molecule has 6 nitrogen and oxygen atoms in total. The second kappa shape index (κ2) is 5.34. The molecule has 1 aromatic heterocycles. The number of aromatic carboxylic acids is 1. The minimum atomic E-state index is -1.30. The quantitative estimate of drug-likeness (QED) is 0.933. The van der Waals surface area contributed by atoms with E-state index in [-0.39, 0.29) is 5.56 Å². The minimum absolute atomic E-state index is 0.342. The zero-order valence-corrected chi connectivity index (χ0v) is 11.5. The van der Waals surface area contributed by atoms with Gasteiger partial charge < -0.3 is 9.84 Å². The second-order valence-corrected chi connectivity index (χ2v) is 4.43. The first-order chi connectivity index (χ1) is 9.43. The van der Waals surface area contributed by atoms with Gasteiger partial charge in [-0.2, -0.15) is 5.10 Å². The van der Waals surface area contributed by atoms with E-state index in [0.29, 0.717) is 22.0 Å². The fourth-order valence-corrected chi connectivity index (χ4v) is 1.99. The van der Waals surface area contributed by atoms with Crippen LogP contribution in [0, 0.1) is 0 Å². The highest BCUT2D eigenvalue weighted by molar-refractivity contribution is 6.32. The van der Waals surface area contributed by atoms with Crippen molar-refractivity contribution in [3.63, 3.8) is 0 Å². The third-order valence-electron chi connectivity index (χ3n) is 2.74. The van der Waals surface area contributed by atoms with Gasteiger partial charge >= 0.3 is 5.97 Å². The number of carboxylic acids is 1. The van der Waals surface area contributed by atoms with Gasteiger partial charge in [-0.05, 0) is 24.3 Å². The Bertz CT molecular complexity index is 740. The molecular formula is C13H11ClN2O4. The second-order valence-electron chi connectivity index (χ2n) is 4.03. The summed E-state index contributed by atoms with van der Waals surface area (Å²) in [6.07, 6.45) is 0. The van der Waals surface area contributed by atoms with Crippen molar-refractivity contribution in [2.45, 2.75) is 0 Å². The van der Waals surface area contributed by atoms with Crippen LogP contribution in [0.2, 0.25) is 5.02 Å². The summed E-state index contributed by atoms with van der Waals surface area (Å²) in [5.74, 6) is -0.799. The molecule has 0 aliphatic rings. The molecule has 20 heavy (non-hydrogen) atoms. The van der Waals surface area contributed by atoms with Crippen LogP contribution in [0.15, 0.2) is 29.1 Å². The number of aromatic nitrogens is 2. The SMILES string of the molecule is COc1ccc(-c2cc(C(=O)O)c(=O)n(C)n2)cc1Cl. The Hall–Kier alpha value is -2.34. The Kier molecular flexibility index (Phi) is 3.76. The maximum absolute atomic E-state index is 11.6. The number of ether oxygens (including phenoxy) is 1. The van der Waals surface area contributed by atoms with E-state index in [1.807, 2.05) is 0 Å². The van der Waals surface area contributed by atoms with Crippen LogP contribution in [0.4, 0.5) is 0 Å². The highest BCUT2D eigenvalue weighted by atomic mass is 35.5. The Morgan fingerprint density at radius 1 is 1.40 bits per heavy atom. The maximum Gasteiger partial charge on any atom is 0.341 e. The predicted octanol–water partition coefficient (Wildman–Crippen LogP) is 1.81. The van der Waals surface area contributed by atoms with Gasteiger partial charge in [-0.3, -0.25) is 4.79 Å². The van der Waals surface area contributed by atoms with E-state index < -0.39 is 11.5 Å². The molecule has 0 saturated heterocycles. The summed E-state index contributed by atoms with van der Waals surface area (Å²) in [7, 11) is 2.89. The fraction of sp³-hybridized carbons (Fsp3) is 0.154. The van der Waals surface area contributed by atoms with E-state index >= 15 is 0 Å². The van der Waals surface area contributed by atoms with Gasteiger partial charge in [-0.25, -0.2) is 9.48 Å². The van der Waals surface area contributed by atoms with Crippen molar-refractivity contribution in [2.75, 3.05) is 7.11 Å². The van der Waals surface area contributed by atoms with Crippen LogP contribution in [-0.2, 0) is 7.05 Å². The number of methoxy groups -OCH3 is 1. The molecule has 1 N–H and O–H groups in total. The molecule has 0 bridgehead atoms. The van der Waals surface area contributed by atoms with Crippen LogP contribution in [0.3, 0.4) is 0 Å². The average Bonchev–Trinajstić information content (AvgIpc) is 2.41. The van der Waals surface area contributed by atoms with Crippen molar-refractivity contribution in [3.8, 4) is 17.0 Å². The third kappa shape index (κ3) is 2.50. The maximum atomic E-state index is 11.6. The molecular weight excluding hydrogens is 284 g/mol. The lowest BCUT2D eigenvalue weighted by molar-refractivity contribution is 0.0694. The Balaban J connectivity index is 2.61. The third-order valence-corrected chi connectivity index (χ3v) is 3.04. The number of aryl methyl sites for hydroxylation is 1. The lowest BCUT2D eigenvalue weighted by Gasteiger charge is -2.07. The molecule has 0 amide bonds. The molecule has 0 aliphatic carbocycles. The standard InChI is InChI=1S/C13H11ClN2O4/c1-16-12(17)8(13(18)19)6-10(15-16)7-3-4-11(20-2)9(14)5-7/h3-6H,1-2H3,(H,18,19). The predicted molar refractivity (Wildman–Crippen MR) is 73.4 cm³/mol. The highest BCUT2D eigenvalue weighted by Crippen LogP contribution is 2.29. The van der Waals surface area contributed by atoms with E-state index in [4.69, 9.17) is 21.4 Å². The highest BCUT2D eigenvalue weighted by Gasteiger charge is 2.14. The molecule has 0 radical (unpaired) electrons. The fourth-order valence-electron chi connectivity index (χ4n) is 1.73. The molecule has 0 saturated carbocycles. The van der Waals surface area contributed by atoms with Crippen LogP contribution in [0.1, 0.15) is 10.4 Å². The minimum Gasteiger partial charge on any atom is -0.495 e. The summed E-state index contributed by atoms with van der Waals surface area (Å²) in [6.45, 7) is 0. The van der Waals surface area contributed by atoms with Crippen molar-refractivity contribution in [3.05, 3.63) is 45.2 Å². The first-order valence-electron chi connectivity index (χ1n) is 5.59. The number of benzene rings is 1. The molecule has 7 heteroatoms. The topological polar surface area (TPSA) is 81.4 Å². The van der Waals surface area contributed by atoms with Gasteiger partial charge in [0.1, 0.15) is 11.3 Å². The summed E-state index contributed by atoms with van der Waals surface area (Å²) >= 11 is 6.02.